The first-order valence-electron chi connectivity index (χ1n) is 35.0. The van der Waals surface area contributed by atoms with Gasteiger partial charge < -0.3 is 20.1 Å². The van der Waals surface area contributed by atoms with Crippen LogP contribution in [0.25, 0.3) is 0 Å². The van der Waals surface area contributed by atoms with Crippen molar-refractivity contribution < 1.29 is 37.6 Å². The van der Waals surface area contributed by atoms with Gasteiger partial charge in [0.05, 0.1) is 13.2 Å². The summed E-state index contributed by atoms with van der Waals surface area (Å²) in [5, 5.41) is 0. The van der Waals surface area contributed by atoms with Gasteiger partial charge in [-0.3, -0.25) is 18.6 Å². The Hall–Kier alpha value is -3.59. The van der Waals surface area contributed by atoms with Gasteiger partial charge in [0, 0.05) is 19.4 Å². The van der Waals surface area contributed by atoms with Gasteiger partial charge in [-0.1, -0.05) is 309 Å². The van der Waals surface area contributed by atoms with Crippen molar-refractivity contribution in [3.63, 3.8) is 0 Å². The molecule has 0 saturated carbocycles. The van der Waals surface area contributed by atoms with E-state index in [2.05, 4.69) is 135 Å². The summed E-state index contributed by atoms with van der Waals surface area (Å²) in [5.74, 6) is -0.827. The zero-order chi connectivity index (χ0) is 61.6. The van der Waals surface area contributed by atoms with Crippen LogP contribution in [0.1, 0.15) is 309 Å². The molecule has 0 aliphatic carbocycles. The summed E-state index contributed by atoms with van der Waals surface area (Å²) in [6, 6.07) is 0. The molecule has 0 aliphatic heterocycles. The molecule has 0 amide bonds. The molecule has 0 aromatic rings. The van der Waals surface area contributed by atoms with Crippen molar-refractivity contribution in [3.8, 4) is 0 Å². The lowest BCUT2D eigenvalue weighted by Gasteiger charge is -2.19. The zero-order valence-corrected chi connectivity index (χ0v) is 55.7. The Morgan fingerprint density at radius 3 is 0.976 bits per heavy atom. The van der Waals surface area contributed by atoms with E-state index in [1.807, 2.05) is 0 Å². The summed E-state index contributed by atoms with van der Waals surface area (Å²) in [5.41, 5.74) is 5.40. The van der Waals surface area contributed by atoms with Gasteiger partial charge in [-0.15, -0.1) is 0 Å². The predicted octanol–water partition coefficient (Wildman–Crippen LogP) is 23.1. The molecule has 0 heterocycles. The van der Waals surface area contributed by atoms with Crippen molar-refractivity contribution in [2.75, 3.05) is 26.4 Å². The lowest BCUT2D eigenvalue weighted by atomic mass is 10.0. The number of allylic oxidation sites excluding steroid dienone is 20. The predicted molar refractivity (Wildman–Crippen MR) is 367 cm³/mol. The number of phosphoric acid groups is 1. The van der Waals surface area contributed by atoms with Crippen molar-refractivity contribution in [2.24, 2.45) is 5.73 Å². The van der Waals surface area contributed by atoms with Gasteiger partial charge in [-0.2, -0.15) is 0 Å². The molecular weight excluding hydrogens is 1070 g/mol. The molecular formula is C75H130NO8P. The van der Waals surface area contributed by atoms with E-state index < -0.39 is 26.5 Å². The molecule has 488 valence electrons. The molecule has 2 unspecified atom stereocenters. The molecule has 2 atom stereocenters. The average molecular weight is 1200 g/mol. The fourth-order valence-corrected chi connectivity index (χ4v) is 10.5. The molecule has 0 fully saturated rings. The number of nitrogens with two attached hydrogens (primary N) is 1. The van der Waals surface area contributed by atoms with E-state index >= 15 is 0 Å². The Balaban J connectivity index is 3.92. The maximum Gasteiger partial charge on any atom is 0.472 e. The van der Waals surface area contributed by atoms with Crippen molar-refractivity contribution in [3.05, 3.63) is 122 Å². The van der Waals surface area contributed by atoms with Gasteiger partial charge in [0.2, 0.25) is 0 Å². The molecule has 85 heavy (non-hydrogen) atoms. The van der Waals surface area contributed by atoms with Crippen molar-refractivity contribution in [2.45, 2.75) is 315 Å². The molecule has 0 rings (SSSR count). The first-order chi connectivity index (χ1) is 41.8. The molecule has 0 spiro atoms. The first kappa shape index (κ1) is 81.4. The van der Waals surface area contributed by atoms with E-state index in [9.17, 15) is 19.0 Å². The third kappa shape index (κ3) is 69.4. The number of carbonyl (C=O) groups excluding carboxylic acids is 2. The molecule has 0 aromatic carbocycles. The van der Waals surface area contributed by atoms with Crippen molar-refractivity contribution in [1.29, 1.82) is 0 Å². The Morgan fingerprint density at radius 1 is 0.365 bits per heavy atom. The van der Waals surface area contributed by atoms with Crippen LogP contribution in [-0.2, 0) is 32.7 Å². The molecule has 0 aliphatic rings. The van der Waals surface area contributed by atoms with Crippen LogP contribution in [0.4, 0.5) is 0 Å². The standard InChI is InChI=1S/C75H130NO8P/c1-3-5-7-9-11-13-15-17-19-21-23-25-27-29-30-31-32-33-34-35-36-37-38-39-40-41-42-44-46-48-50-52-54-56-58-60-62-64-66-68-75(78)84-73(72-83-85(79,80)82-70-69-76)71-81-74(77)67-65-63-61-59-57-55-53-51-49-47-45-43-28-26-24-22-20-18-16-14-12-10-8-6-4-2/h5,7,11,13,17,19,22-25,29-30,32-33,35-36,38-39,41-42,73H,3-4,6,8-10,12,14-16,18,20-21,26-28,31,34,37,40,43-72,76H2,1-2H3,(H,79,80)/b7-5-,13-11-,19-17-,24-22-,25-23-,30-29-,33-32-,36-35-,39-38-,42-41-. The van der Waals surface area contributed by atoms with Crippen LogP contribution in [-0.4, -0.2) is 49.3 Å². The molecule has 0 bridgehead atoms. The van der Waals surface area contributed by atoms with Gasteiger partial charge >= 0.3 is 19.8 Å². The summed E-state index contributed by atoms with van der Waals surface area (Å²) in [6.45, 7) is 3.65. The molecule has 0 aromatic heterocycles. The number of unbranched alkanes of at least 4 members (excludes halogenated alkanes) is 32. The number of rotatable bonds is 65. The summed E-state index contributed by atoms with van der Waals surface area (Å²) in [7, 11) is -4.40. The number of hydrogen-bond donors (Lipinski definition) is 2. The van der Waals surface area contributed by atoms with E-state index in [1.54, 1.807) is 0 Å². The lowest BCUT2D eigenvalue weighted by molar-refractivity contribution is -0.161. The second-order valence-corrected chi connectivity index (χ2v) is 24.5. The summed E-state index contributed by atoms with van der Waals surface area (Å²) in [6.07, 6.45) is 97.1. The quantitative estimate of drug-likeness (QED) is 0.0264. The molecule has 3 N–H and O–H groups in total. The highest BCUT2D eigenvalue weighted by Gasteiger charge is 2.26. The minimum absolute atomic E-state index is 0.0491. The highest BCUT2D eigenvalue weighted by molar-refractivity contribution is 7.47. The van der Waals surface area contributed by atoms with Crippen LogP contribution in [0, 0.1) is 0 Å². The van der Waals surface area contributed by atoms with Crippen LogP contribution in [0.3, 0.4) is 0 Å². The highest BCUT2D eigenvalue weighted by Crippen LogP contribution is 2.43. The summed E-state index contributed by atoms with van der Waals surface area (Å²) in [4.78, 5) is 35.4. The fraction of sp³-hybridized carbons (Fsp3) is 0.707. The van der Waals surface area contributed by atoms with Crippen molar-refractivity contribution in [1.82, 2.24) is 0 Å². The number of carbonyl (C=O) groups is 2. The van der Waals surface area contributed by atoms with Crippen LogP contribution >= 0.6 is 7.82 Å². The third-order valence-electron chi connectivity index (χ3n) is 14.8. The minimum Gasteiger partial charge on any atom is -0.462 e. The van der Waals surface area contributed by atoms with Gasteiger partial charge in [0.15, 0.2) is 6.10 Å². The Bertz CT molecular complexity index is 1810. The lowest BCUT2D eigenvalue weighted by Crippen LogP contribution is -2.29. The highest BCUT2D eigenvalue weighted by atomic mass is 31.2. The Kier molecular flexibility index (Phi) is 66.6. The number of ether oxygens (including phenoxy) is 2. The first-order valence-corrected chi connectivity index (χ1v) is 36.5. The summed E-state index contributed by atoms with van der Waals surface area (Å²) >= 11 is 0. The second kappa shape index (κ2) is 69.5. The van der Waals surface area contributed by atoms with Crippen molar-refractivity contribution >= 4 is 19.8 Å². The normalized spacial score (nSPS) is 13.7. The van der Waals surface area contributed by atoms with Gasteiger partial charge in [-0.05, 0) is 109 Å². The SMILES string of the molecule is CC/C=C\C/C=C\C/C=C\C/C=C\C/C=C\C/C=C\C/C=C\C/C=C\C/C=C\CCCCCCCCCCCCCC(=O)OC(COC(=O)CCCCCCCCCCCCCCC/C=C\CCCCCCCCCC)COP(=O)(O)OCCN. The van der Waals surface area contributed by atoms with Gasteiger partial charge in [0.1, 0.15) is 6.61 Å². The maximum absolute atomic E-state index is 12.8. The minimum atomic E-state index is -4.40. The van der Waals surface area contributed by atoms with E-state index in [-0.39, 0.29) is 38.6 Å². The van der Waals surface area contributed by atoms with Crippen LogP contribution < -0.4 is 5.73 Å². The molecule has 9 nitrogen and oxygen atoms in total. The summed E-state index contributed by atoms with van der Waals surface area (Å²) < 4.78 is 33.2. The van der Waals surface area contributed by atoms with Crippen LogP contribution in [0.5, 0.6) is 0 Å². The van der Waals surface area contributed by atoms with Gasteiger partial charge in [0.25, 0.3) is 0 Å². The maximum atomic E-state index is 12.8. The topological polar surface area (TPSA) is 134 Å². The van der Waals surface area contributed by atoms with E-state index in [0.29, 0.717) is 6.42 Å². The Morgan fingerprint density at radius 2 is 0.647 bits per heavy atom. The largest absolute Gasteiger partial charge is 0.472 e. The van der Waals surface area contributed by atoms with E-state index in [4.69, 9.17) is 24.3 Å². The zero-order valence-electron chi connectivity index (χ0n) is 54.8. The second-order valence-electron chi connectivity index (χ2n) is 23.0. The number of esters is 2. The molecule has 10 heteroatoms. The Labute approximate surface area is 523 Å². The van der Waals surface area contributed by atoms with E-state index in [1.165, 1.54) is 173 Å². The number of phosphoric ester groups is 1. The average Bonchev–Trinajstić information content (AvgIpc) is 3.53. The monoisotopic (exact) mass is 1200 g/mol. The van der Waals surface area contributed by atoms with Crippen LogP contribution in [0.2, 0.25) is 0 Å². The van der Waals surface area contributed by atoms with Gasteiger partial charge in [-0.25, -0.2) is 4.57 Å². The third-order valence-corrected chi connectivity index (χ3v) is 15.8. The molecule has 0 radical (unpaired) electrons. The van der Waals surface area contributed by atoms with E-state index in [0.717, 1.165) is 103 Å². The smallest absolute Gasteiger partial charge is 0.462 e. The van der Waals surface area contributed by atoms with Crippen LogP contribution in [0.15, 0.2) is 122 Å². The molecule has 0 saturated heterocycles. The number of hydrogen-bond acceptors (Lipinski definition) is 8. The fourth-order valence-electron chi connectivity index (χ4n) is 9.68.